The van der Waals surface area contributed by atoms with Crippen LogP contribution in [0.5, 0.6) is 0 Å². The van der Waals surface area contributed by atoms with Gasteiger partial charge in [-0.1, -0.05) is 29.3 Å². The van der Waals surface area contributed by atoms with E-state index in [0.717, 1.165) is 26.6 Å². The van der Waals surface area contributed by atoms with Gasteiger partial charge in [-0.15, -0.1) is 11.8 Å². The van der Waals surface area contributed by atoms with Crippen LogP contribution in [-0.2, 0) is 0 Å². The van der Waals surface area contributed by atoms with Gasteiger partial charge in [0.15, 0.2) is 0 Å². The molecule has 1 N–H and O–H groups in total. The van der Waals surface area contributed by atoms with Crippen molar-refractivity contribution in [3.63, 3.8) is 0 Å². The second kappa shape index (κ2) is 6.89. The number of thioether (sulfide) groups is 1. The lowest BCUT2D eigenvalue weighted by Gasteiger charge is -2.22. The van der Waals surface area contributed by atoms with Crippen LogP contribution >= 0.6 is 35.0 Å². The summed E-state index contributed by atoms with van der Waals surface area (Å²) in [5.74, 6) is 1.97. The Morgan fingerprint density at radius 2 is 1.82 bits per heavy atom. The van der Waals surface area contributed by atoms with E-state index in [9.17, 15) is 0 Å². The predicted octanol–water partition coefficient (Wildman–Crippen LogP) is 4.48. The minimum atomic E-state index is 0.771. The molecule has 1 aromatic carbocycles. The molecular formula is C13H17Cl2NS. The van der Waals surface area contributed by atoms with Crippen molar-refractivity contribution in [2.45, 2.75) is 24.2 Å². The average molecular weight is 290 g/mol. The number of nitrogens with one attached hydrogen (secondary N) is 1. The molecule has 1 aromatic rings. The molecule has 17 heavy (non-hydrogen) atoms. The number of hydrogen-bond acceptors (Lipinski definition) is 2. The first kappa shape index (κ1) is 13.5. The first-order chi connectivity index (χ1) is 8.27. The van der Waals surface area contributed by atoms with E-state index in [2.05, 4.69) is 5.32 Å². The van der Waals surface area contributed by atoms with Gasteiger partial charge in [-0.3, -0.25) is 0 Å². The summed E-state index contributed by atoms with van der Waals surface area (Å²) in [6.07, 6.45) is 3.86. The molecule has 1 heterocycles. The third-order valence-electron chi connectivity index (χ3n) is 3.15. The Morgan fingerprint density at radius 3 is 2.47 bits per heavy atom. The first-order valence-electron chi connectivity index (χ1n) is 6.05. The van der Waals surface area contributed by atoms with Crippen molar-refractivity contribution in [3.05, 3.63) is 28.2 Å². The number of benzene rings is 1. The predicted molar refractivity (Wildman–Crippen MR) is 77.4 cm³/mol. The molecule has 0 spiro atoms. The van der Waals surface area contributed by atoms with Crippen molar-refractivity contribution >= 4 is 35.0 Å². The smallest absolute Gasteiger partial charge is 0.0556 e. The summed E-state index contributed by atoms with van der Waals surface area (Å²) in [5.41, 5.74) is 0. The molecule has 1 saturated heterocycles. The number of piperidine rings is 1. The first-order valence-corrected chi connectivity index (χ1v) is 7.79. The fourth-order valence-corrected chi connectivity index (χ4v) is 3.91. The zero-order valence-corrected chi connectivity index (χ0v) is 12.0. The SMILES string of the molecule is Clc1cccc(Cl)c1SCCC1CCNCC1. The molecule has 1 aliphatic rings. The maximum Gasteiger partial charge on any atom is 0.0556 e. The highest BCUT2D eigenvalue weighted by Crippen LogP contribution is 2.35. The van der Waals surface area contributed by atoms with Gasteiger partial charge in [-0.25, -0.2) is 0 Å². The third-order valence-corrected chi connectivity index (χ3v) is 5.17. The zero-order chi connectivity index (χ0) is 12.1. The second-order valence-electron chi connectivity index (χ2n) is 4.38. The lowest BCUT2D eigenvalue weighted by atomic mass is 9.96. The van der Waals surface area contributed by atoms with Crippen molar-refractivity contribution in [1.82, 2.24) is 5.32 Å². The minimum Gasteiger partial charge on any atom is -0.317 e. The molecule has 2 rings (SSSR count). The van der Waals surface area contributed by atoms with Crippen LogP contribution in [0, 0.1) is 5.92 Å². The van der Waals surface area contributed by atoms with Gasteiger partial charge in [0.2, 0.25) is 0 Å². The van der Waals surface area contributed by atoms with Crippen molar-refractivity contribution in [2.75, 3.05) is 18.8 Å². The Hall–Kier alpha value is 0.110. The average Bonchev–Trinajstić information content (AvgIpc) is 2.34. The van der Waals surface area contributed by atoms with Crippen LogP contribution in [0.25, 0.3) is 0 Å². The van der Waals surface area contributed by atoms with Crippen LogP contribution in [0.3, 0.4) is 0 Å². The Kier molecular flexibility index (Phi) is 5.49. The summed E-state index contributed by atoms with van der Waals surface area (Å²) in [7, 11) is 0. The summed E-state index contributed by atoms with van der Waals surface area (Å²) >= 11 is 14.1. The van der Waals surface area contributed by atoms with E-state index in [-0.39, 0.29) is 0 Å². The summed E-state index contributed by atoms with van der Waals surface area (Å²) in [5, 5.41) is 4.93. The summed E-state index contributed by atoms with van der Waals surface area (Å²) in [6, 6.07) is 5.70. The van der Waals surface area contributed by atoms with Crippen LogP contribution in [0.1, 0.15) is 19.3 Å². The molecule has 1 fully saturated rings. The van der Waals surface area contributed by atoms with Crippen LogP contribution in [-0.4, -0.2) is 18.8 Å². The molecule has 0 atom stereocenters. The quantitative estimate of drug-likeness (QED) is 0.821. The number of rotatable bonds is 4. The van der Waals surface area contributed by atoms with E-state index in [4.69, 9.17) is 23.2 Å². The van der Waals surface area contributed by atoms with Gasteiger partial charge in [-0.2, -0.15) is 0 Å². The lowest BCUT2D eigenvalue weighted by molar-refractivity contribution is 0.367. The summed E-state index contributed by atoms with van der Waals surface area (Å²) < 4.78 is 0. The van der Waals surface area contributed by atoms with Crippen molar-refractivity contribution < 1.29 is 0 Å². The van der Waals surface area contributed by atoms with E-state index in [0.29, 0.717) is 0 Å². The fraction of sp³-hybridized carbons (Fsp3) is 0.538. The van der Waals surface area contributed by atoms with E-state index in [1.165, 1.54) is 32.4 Å². The molecular weight excluding hydrogens is 273 g/mol. The van der Waals surface area contributed by atoms with E-state index in [1.54, 1.807) is 11.8 Å². The van der Waals surface area contributed by atoms with E-state index >= 15 is 0 Å². The Morgan fingerprint density at radius 1 is 1.18 bits per heavy atom. The largest absolute Gasteiger partial charge is 0.317 e. The van der Waals surface area contributed by atoms with Gasteiger partial charge < -0.3 is 5.32 Å². The molecule has 0 amide bonds. The highest BCUT2D eigenvalue weighted by molar-refractivity contribution is 7.99. The summed E-state index contributed by atoms with van der Waals surface area (Å²) in [6.45, 7) is 2.34. The second-order valence-corrected chi connectivity index (χ2v) is 6.30. The highest BCUT2D eigenvalue weighted by Gasteiger charge is 2.13. The molecule has 1 aliphatic heterocycles. The Balaban J connectivity index is 1.81. The van der Waals surface area contributed by atoms with Crippen molar-refractivity contribution in [1.29, 1.82) is 0 Å². The molecule has 0 unspecified atom stereocenters. The van der Waals surface area contributed by atoms with Crippen LogP contribution < -0.4 is 5.32 Å². The minimum absolute atomic E-state index is 0.771. The maximum absolute atomic E-state index is 6.14. The standard InChI is InChI=1S/C13H17Cl2NS/c14-11-2-1-3-12(15)13(11)17-9-6-10-4-7-16-8-5-10/h1-3,10,16H,4-9H2. The monoisotopic (exact) mass is 289 g/mol. The molecule has 0 saturated carbocycles. The fourth-order valence-electron chi connectivity index (χ4n) is 2.12. The van der Waals surface area contributed by atoms with Crippen molar-refractivity contribution in [3.8, 4) is 0 Å². The molecule has 0 radical (unpaired) electrons. The lowest BCUT2D eigenvalue weighted by Crippen LogP contribution is -2.27. The van der Waals surface area contributed by atoms with Gasteiger partial charge in [0, 0.05) is 4.90 Å². The number of halogens is 2. The maximum atomic E-state index is 6.14. The molecule has 4 heteroatoms. The number of hydrogen-bond donors (Lipinski definition) is 1. The van der Waals surface area contributed by atoms with Crippen LogP contribution in [0.4, 0.5) is 0 Å². The van der Waals surface area contributed by atoms with E-state index in [1.807, 2.05) is 18.2 Å². The normalized spacial score (nSPS) is 17.3. The molecule has 0 bridgehead atoms. The summed E-state index contributed by atoms with van der Waals surface area (Å²) in [4.78, 5) is 1.03. The van der Waals surface area contributed by atoms with Crippen LogP contribution in [0.2, 0.25) is 10.0 Å². The van der Waals surface area contributed by atoms with Crippen LogP contribution in [0.15, 0.2) is 23.1 Å². The van der Waals surface area contributed by atoms with Crippen molar-refractivity contribution in [2.24, 2.45) is 5.92 Å². The Labute approximate surface area is 117 Å². The van der Waals surface area contributed by atoms with Gasteiger partial charge in [0.1, 0.15) is 0 Å². The van der Waals surface area contributed by atoms with Gasteiger partial charge in [-0.05, 0) is 56.2 Å². The highest BCUT2D eigenvalue weighted by atomic mass is 35.5. The molecule has 1 nitrogen and oxygen atoms in total. The molecule has 0 aromatic heterocycles. The topological polar surface area (TPSA) is 12.0 Å². The third kappa shape index (κ3) is 4.06. The molecule has 0 aliphatic carbocycles. The van der Waals surface area contributed by atoms with Gasteiger partial charge >= 0.3 is 0 Å². The zero-order valence-electron chi connectivity index (χ0n) is 9.72. The van der Waals surface area contributed by atoms with Gasteiger partial charge in [0.25, 0.3) is 0 Å². The Bertz CT molecular complexity index is 344. The van der Waals surface area contributed by atoms with E-state index < -0.39 is 0 Å². The molecule has 94 valence electrons. The van der Waals surface area contributed by atoms with Gasteiger partial charge in [0.05, 0.1) is 10.0 Å².